The number of fused-ring (bicyclic) bond motifs is 1. The van der Waals surface area contributed by atoms with Gasteiger partial charge in [0.25, 0.3) is 11.8 Å². The number of nitrogens with one attached hydrogen (secondary N) is 1. The van der Waals surface area contributed by atoms with Gasteiger partial charge in [0, 0.05) is 11.1 Å². The molecule has 0 saturated carbocycles. The molecule has 0 radical (unpaired) electrons. The van der Waals surface area contributed by atoms with Crippen molar-refractivity contribution >= 4 is 64.1 Å². The number of nitrogens with zero attached hydrogens (tertiary/aromatic N) is 1. The maximum Gasteiger partial charge on any atom is 0.270 e. The Kier molecular flexibility index (Phi) is 4.51. The van der Waals surface area contributed by atoms with Gasteiger partial charge in [-0.25, -0.2) is 0 Å². The molecule has 0 spiro atoms. The van der Waals surface area contributed by atoms with E-state index in [1.54, 1.807) is 36.4 Å². The number of carbonyl (C=O) groups is 2. The molecule has 136 valence electrons. The van der Waals surface area contributed by atoms with Crippen LogP contribution < -0.4 is 19.7 Å². The van der Waals surface area contributed by atoms with E-state index in [2.05, 4.69) is 5.32 Å². The molecule has 2 aliphatic rings. The molecular formula is C18H10Cl2N2O4S. The molecule has 1 N–H and O–H groups in total. The number of carbonyl (C=O) groups excluding carboxylic acids is 2. The molecule has 1 fully saturated rings. The van der Waals surface area contributed by atoms with E-state index >= 15 is 0 Å². The predicted octanol–water partition coefficient (Wildman–Crippen LogP) is 3.55. The first-order valence-corrected chi connectivity index (χ1v) is 8.86. The van der Waals surface area contributed by atoms with E-state index in [1.165, 1.54) is 11.0 Å². The quantitative estimate of drug-likeness (QED) is 0.457. The van der Waals surface area contributed by atoms with E-state index in [-0.39, 0.29) is 17.5 Å². The zero-order valence-corrected chi connectivity index (χ0v) is 15.8. The fraction of sp³-hybridized carbons (Fsp3) is 0.0556. The van der Waals surface area contributed by atoms with Gasteiger partial charge in [0.05, 0.1) is 10.7 Å². The van der Waals surface area contributed by atoms with Crippen molar-refractivity contribution in [1.29, 1.82) is 0 Å². The summed E-state index contributed by atoms with van der Waals surface area (Å²) in [5.41, 5.74) is 0.819. The summed E-state index contributed by atoms with van der Waals surface area (Å²) in [6.07, 6.45) is 1.40. The summed E-state index contributed by atoms with van der Waals surface area (Å²) in [7, 11) is 0. The number of hydrogen-bond acceptors (Lipinski definition) is 5. The van der Waals surface area contributed by atoms with E-state index in [9.17, 15) is 9.59 Å². The van der Waals surface area contributed by atoms with Gasteiger partial charge in [-0.3, -0.25) is 19.8 Å². The number of anilines is 1. The second-order valence-corrected chi connectivity index (χ2v) is 6.89. The zero-order valence-electron chi connectivity index (χ0n) is 13.5. The van der Waals surface area contributed by atoms with E-state index in [0.29, 0.717) is 32.8 Å². The van der Waals surface area contributed by atoms with Crippen molar-refractivity contribution in [2.75, 3.05) is 11.7 Å². The Morgan fingerprint density at radius 3 is 2.44 bits per heavy atom. The highest BCUT2D eigenvalue weighted by Crippen LogP contribution is 2.38. The first-order chi connectivity index (χ1) is 12.9. The number of thiocarbonyl (C=S) groups is 1. The molecule has 2 aromatic rings. The number of hydrogen-bond donors (Lipinski definition) is 1. The molecule has 0 bridgehead atoms. The van der Waals surface area contributed by atoms with Gasteiger partial charge in [0.2, 0.25) is 6.79 Å². The van der Waals surface area contributed by atoms with Gasteiger partial charge in [-0.15, -0.1) is 0 Å². The minimum absolute atomic E-state index is 0.0127. The second-order valence-electron chi connectivity index (χ2n) is 5.66. The molecule has 0 aliphatic carbocycles. The SMILES string of the molecule is O=C1NC(=S)N(c2ccc(Cl)cc2)C(=O)/C1=C/c1cc2c(cc1Cl)OCO2. The van der Waals surface area contributed by atoms with Crippen molar-refractivity contribution in [2.24, 2.45) is 0 Å². The van der Waals surface area contributed by atoms with Crippen molar-refractivity contribution in [1.82, 2.24) is 5.32 Å². The zero-order chi connectivity index (χ0) is 19.1. The van der Waals surface area contributed by atoms with Gasteiger partial charge < -0.3 is 9.47 Å². The molecule has 0 unspecified atom stereocenters. The van der Waals surface area contributed by atoms with Crippen LogP contribution in [0.1, 0.15) is 5.56 Å². The van der Waals surface area contributed by atoms with Crippen molar-refractivity contribution < 1.29 is 19.1 Å². The Balaban J connectivity index is 1.75. The summed E-state index contributed by atoms with van der Waals surface area (Å²) in [4.78, 5) is 26.5. The normalized spacial score (nSPS) is 17.5. The Labute approximate surface area is 169 Å². The molecule has 2 aromatic carbocycles. The number of amides is 2. The summed E-state index contributed by atoms with van der Waals surface area (Å²) in [6, 6.07) is 9.70. The summed E-state index contributed by atoms with van der Waals surface area (Å²) >= 11 is 17.3. The molecule has 4 rings (SSSR count). The highest BCUT2D eigenvalue weighted by Gasteiger charge is 2.34. The molecule has 9 heteroatoms. The third-order valence-electron chi connectivity index (χ3n) is 3.98. The van der Waals surface area contributed by atoms with Crippen LogP contribution in [-0.4, -0.2) is 23.7 Å². The summed E-state index contributed by atoms with van der Waals surface area (Å²) in [5, 5.41) is 3.33. The lowest BCUT2D eigenvalue weighted by molar-refractivity contribution is -0.122. The number of halogens is 2. The molecule has 1 saturated heterocycles. The monoisotopic (exact) mass is 420 g/mol. The van der Waals surface area contributed by atoms with Crippen LogP contribution >= 0.6 is 35.4 Å². The number of rotatable bonds is 2. The van der Waals surface area contributed by atoms with Gasteiger partial charge in [-0.1, -0.05) is 23.2 Å². The van der Waals surface area contributed by atoms with E-state index in [0.717, 1.165) is 0 Å². The van der Waals surface area contributed by atoms with Crippen molar-refractivity contribution in [3.8, 4) is 11.5 Å². The molecule has 2 heterocycles. The molecule has 6 nitrogen and oxygen atoms in total. The molecule has 0 aromatic heterocycles. The topological polar surface area (TPSA) is 67.9 Å². The standard InChI is InChI=1S/C18H10Cl2N2O4S/c19-10-1-3-11(4-2-10)22-17(24)12(16(23)21-18(22)27)5-9-6-14-15(7-13(9)20)26-8-25-14/h1-7H,8H2,(H,21,23,27)/b12-5+. The fourth-order valence-corrected chi connectivity index (χ4v) is 3.30. The Morgan fingerprint density at radius 2 is 1.74 bits per heavy atom. The lowest BCUT2D eigenvalue weighted by Crippen LogP contribution is -2.54. The Hall–Kier alpha value is -2.61. The first-order valence-electron chi connectivity index (χ1n) is 7.70. The van der Waals surface area contributed by atoms with E-state index in [4.69, 9.17) is 44.9 Å². The first kappa shape index (κ1) is 17.8. The predicted molar refractivity (Wildman–Crippen MR) is 105 cm³/mol. The van der Waals surface area contributed by atoms with Crippen LogP contribution in [0.15, 0.2) is 42.0 Å². The lowest BCUT2D eigenvalue weighted by atomic mass is 10.1. The maximum absolute atomic E-state index is 13.0. The van der Waals surface area contributed by atoms with Gasteiger partial charge in [0.15, 0.2) is 16.6 Å². The highest BCUT2D eigenvalue weighted by molar-refractivity contribution is 7.80. The van der Waals surface area contributed by atoms with Crippen LogP contribution in [0.2, 0.25) is 10.0 Å². The average Bonchev–Trinajstić information content (AvgIpc) is 3.07. The van der Waals surface area contributed by atoms with Crippen molar-refractivity contribution in [3.05, 3.63) is 57.6 Å². The smallest absolute Gasteiger partial charge is 0.270 e. The molecule has 0 atom stereocenters. The molecular weight excluding hydrogens is 411 g/mol. The highest BCUT2D eigenvalue weighted by atomic mass is 35.5. The number of ether oxygens (including phenoxy) is 2. The van der Waals surface area contributed by atoms with Crippen LogP contribution in [0, 0.1) is 0 Å². The summed E-state index contributed by atoms with van der Waals surface area (Å²) in [6.45, 7) is 0.0870. The third-order valence-corrected chi connectivity index (χ3v) is 4.84. The minimum Gasteiger partial charge on any atom is -0.454 e. The van der Waals surface area contributed by atoms with Crippen molar-refractivity contribution in [2.45, 2.75) is 0 Å². The van der Waals surface area contributed by atoms with Crippen LogP contribution in [0.4, 0.5) is 5.69 Å². The summed E-state index contributed by atoms with van der Waals surface area (Å²) < 4.78 is 10.6. The molecule has 27 heavy (non-hydrogen) atoms. The fourth-order valence-electron chi connectivity index (χ4n) is 2.68. The van der Waals surface area contributed by atoms with Gasteiger partial charge in [0.1, 0.15) is 5.57 Å². The maximum atomic E-state index is 13.0. The molecule has 2 aliphatic heterocycles. The average molecular weight is 421 g/mol. The Bertz CT molecular complexity index is 1020. The Morgan fingerprint density at radius 1 is 1.07 bits per heavy atom. The van der Waals surface area contributed by atoms with Crippen molar-refractivity contribution in [3.63, 3.8) is 0 Å². The van der Waals surface area contributed by atoms with Crippen LogP contribution in [0.3, 0.4) is 0 Å². The van der Waals surface area contributed by atoms with Gasteiger partial charge >= 0.3 is 0 Å². The van der Waals surface area contributed by atoms with Crippen LogP contribution in [0.5, 0.6) is 11.5 Å². The largest absolute Gasteiger partial charge is 0.454 e. The van der Waals surface area contributed by atoms with Crippen LogP contribution in [0.25, 0.3) is 6.08 Å². The van der Waals surface area contributed by atoms with E-state index < -0.39 is 11.8 Å². The lowest BCUT2D eigenvalue weighted by Gasteiger charge is -2.29. The third kappa shape index (κ3) is 3.25. The second kappa shape index (κ2) is 6.84. The minimum atomic E-state index is -0.607. The van der Waals surface area contributed by atoms with Gasteiger partial charge in [-0.05, 0) is 54.2 Å². The van der Waals surface area contributed by atoms with E-state index in [1.807, 2.05) is 0 Å². The number of benzene rings is 2. The molecule has 2 amide bonds. The van der Waals surface area contributed by atoms with Gasteiger partial charge in [-0.2, -0.15) is 0 Å². The summed E-state index contributed by atoms with van der Waals surface area (Å²) in [5.74, 6) is -0.186. The van der Waals surface area contributed by atoms with Crippen LogP contribution in [-0.2, 0) is 9.59 Å².